The summed E-state index contributed by atoms with van der Waals surface area (Å²) in [6.45, 7) is 2.67. The molecule has 3 rings (SSSR count). The number of aromatic nitrogens is 2. The predicted octanol–water partition coefficient (Wildman–Crippen LogP) is 3.63. The number of benzene rings is 2. The zero-order valence-corrected chi connectivity index (χ0v) is 10.2. The highest BCUT2D eigenvalue weighted by Crippen LogP contribution is 2.31. The summed E-state index contributed by atoms with van der Waals surface area (Å²) < 4.78 is 5.66. The summed E-state index contributed by atoms with van der Waals surface area (Å²) in [4.78, 5) is 0. The first-order chi connectivity index (χ1) is 8.88. The van der Waals surface area contributed by atoms with Gasteiger partial charge in [0.05, 0.1) is 18.3 Å². The van der Waals surface area contributed by atoms with Crippen molar-refractivity contribution in [1.29, 1.82) is 0 Å². The number of nitrogens with one attached hydrogen (secondary N) is 1. The summed E-state index contributed by atoms with van der Waals surface area (Å²) in [7, 11) is 0. The Hall–Kier alpha value is -2.29. The van der Waals surface area contributed by atoms with Crippen LogP contribution >= 0.6 is 0 Å². The zero-order chi connectivity index (χ0) is 12.4. The molecule has 0 unspecified atom stereocenters. The third kappa shape index (κ3) is 1.84. The summed E-state index contributed by atoms with van der Waals surface area (Å²) in [5.41, 5.74) is 3.31. The maximum Gasteiger partial charge on any atom is 0.127 e. The summed E-state index contributed by atoms with van der Waals surface area (Å²) in [6, 6.07) is 14.3. The summed E-state index contributed by atoms with van der Waals surface area (Å²) in [6.07, 6.45) is 1.84. The molecule has 1 N–H and O–H groups in total. The standard InChI is InChI=1S/C15H14N2O/c1-2-18-15-6-4-3-5-13(15)11-7-8-14-12(9-11)10-16-17-14/h3-10H,2H2,1H3,(H,16,17). The Bertz CT molecular complexity index is 673. The van der Waals surface area contributed by atoms with E-state index < -0.39 is 0 Å². The SMILES string of the molecule is CCOc1ccccc1-c1ccc2[nH]ncc2c1. The van der Waals surface area contributed by atoms with Gasteiger partial charge in [-0.1, -0.05) is 24.3 Å². The molecule has 1 heterocycles. The second-order valence-electron chi connectivity index (χ2n) is 4.10. The minimum Gasteiger partial charge on any atom is -0.493 e. The Kier molecular flexibility index (Phi) is 2.73. The highest BCUT2D eigenvalue weighted by atomic mass is 16.5. The number of hydrogen-bond acceptors (Lipinski definition) is 2. The fraction of sp³-hybridized carbons (Fsp3) is 0.133. The second-order valence-corrected chi connectivity index (χ2v) is 4.10. The average Bonchev–Trinajstić information content (AvgIpc) is 2.87. The average molecular weight is 238 g/mol. The van der Waals surface area contributed by atoms with Gasteiger partial charge in [-0.25, -0.2) is 0 Å². The second kappa shape index (κ2) is 4.53. The Morgan fingerprint density at radius 1 is 1.17 bits per heavy atom. The number of H-pyrrole nitrogens is 1. The van der Waals surface area contributed by atoms with Crippen LogP contribution in [-0.4, -0.2) is 16.8 Å². The van der Waals surface area contributed by atoms with Gasteiger partial charge in [0.25, 0.3) is 0 Å². The Morgan fingerprint density at radius 2 is 2.06 bits per heavy atom. The van der Waals surface area contributed by atoms with E-state index >= 15 is 0 Å². The number of para-hydroxylation sites is 1. The van der Waals surface area contributed by atoms with Gasteiger partial charge >= 0.3 is 0 Å². The third-order valence-corrected chi connectivity index (χ3v) is 2.94. The van der Waals surface area contributed by atoms with Crippen molar-refractivity contribution < 1.29 is 4.74 Å². The highest BCUT2D eigenvalue weighted by Gasteiger charge is 2.06. The van der Waals surface area contributed by atoms with Crippen LogP contribution in [0.2, 0.25) is 0 Å². The predicted molar refractivity (Wildman–Crippen MR) is 72.7 cm³/mol. The quantitative estimate of drug-likeness (QED) is 0.756. The van der Waals surface area contributed by atoms with Crippen LogP contribution in [0.25, 0.3) is 22.0 Å². The molecule has 1 aromatic heterocycles. The monoisotopic (exact) mass is 238 g/mol. The number of nitrogens with zero attached hydrogens (tertiary/aromatic N) is 1. The van der Waals surface area contributed by atoms with E-state index in [1.165, 1.54) is 0 Å². The van der Waals surface area contributed by atoms with Crippen molar-refractivity contribution in [1.82, 2.24) is 10.2 Å². The molecular formula is C15H14N2O. The molecule has 0 amide bonds. The lowest BCUT2D eigenvalue weighted by Gasteiger charge is -2.10. The molecule has 0 saturated carbocycles. The fourth-order valence-corrected chi connectivity index (χ4v) is 2.10. The maximum absolute atomic E-state index is 5.66. The first-order valence-corrected chi connectivity index (χ1v) is 6.04. The molecule has 90 valence electrons. The van der Waals surface area contributed by atoms with E-state index in [4.69, 9.17) is 4.74 Å². The summed E-state index contributed by atoms with van der Waals surface area (Å²) >= 11 is 0. The molecule has 0 aliphatic carbocycles. The zero-order valence-electron chi connectivity index (χ0n) is 10.2. The van der Waals surface area contributed by atoms with Crippen LogP contribution in [0.15, 0.2) is 48.7 Å². The molecule has 3 heteroatoms. The summed E-state index contributed by atoms with van der Waals surface area (Å²) in [5, 5.41) is 8.11. The molecule has 0 fully saturated rings. The van der Waals surface area contributed by atoms with Crippen molar-refractivity contribution in [3.05, 3.63) is 48.7 Å². The van der Waals surface area contributed by atoms with Crippen molar-refractivity contribution in [2.45, 2.75) is 6.92 Å². The number of rotatable bonds is 3. The molecule has 0 radical (unpaired) electrons. The van der Waals surface area contributed by atoms with Crippen LogP contribution in [0.5, 0.6) is 5.75 Å². The lowest BCUT2D eigenvalue weighted by molar-refractivity contribution is 0.341. The third-order valence-electron chi connectivity index (χ3n) is 2.94. The van der Waals surface area contributed by atoms with Crippen LogP contribution in [0, 0.1) is 0 Å². The van der Waals surface area contributed by atoms with Crippen molar-refractivity contribution in [3.63, 3.8) is 0 Å². The van der Waals surface area contributed by atoms with Gasteiger partial charge in [0.1, 0.15) is 5.75 Å². The van der Waals surface area contributed by atoms with Crippen molar-refractivity contribution in [2.24, 2.45) is 0 Å². The van der Waals surface area contributed by atoms with Gasteiger partial charge in [-0.3, -0.25) is 5.10 Å². The largest absolute Gasteiger partial charge is 0.493 e. The first-order valence-electron chi connectivity index (χ1n) is 6.04. The minimum atomic E-state index is 0.672. The van der Waals surface area contributed by atoms with Crippen LogP contribution < -0.4 is 4.74 Å². The molecule has 18 heavy (non-hydrogen) atoms. The van der Waals surface area contributed by atoms with Gasteiger partial charge in [-0.15, -0.1) is 0 Å². The van der Waals surface area contributed by atoms with Gasteiger partial charge in [0.15, 0.2) is 0 Å². The Morgan fingerprint density at radius 3 is 2.94 bits per heavy atom. The topological polar surface area (TPSA) is 37.9 Å². The molecule has 0 aliphatic heterocycles. The maximum atomic E-state index is 5.66. The molecule has 0 atom stereocenters. The molecule has 0 saturated heterocycles. The molecular weight excluding hydrogens is 224 g/mol. The van der Waals surface area contributed by atoms with Crippen molar-refractivity contribution in [3.8, 4) is 16.9 Å². The van der Waals surface area contributed by atoms with Gasteiger partial charge in [-0.05, 0) is 30.7 Å². The van der Waals surface area contributed by atoms with Crippen LogP contribution in [-0.2, 0) is 0 Å². The number of ether oxygens (including phenoxy) is 1. The van der Waals surface area contributed by atoms with Gasteiger partial charge in [0.2, 0.25) is 0 Å². The van der Waals surface area contributed by atoms with Gasteiger partial charge in [0, 0.05) is 10.9 Å². The summed E-state index contributed by atoms with van der Waals surface area (Å²) in [5.74, 6) is 0.919. The van der Waals surface area contributed by atoms with E-state index in [-0.39, 0.29) is 0 Å². The molecule has 2 aromatic carbocycles. The molecule has 3 nitrogen and oxygen atoms in total. The molecule has 3 aromatic rings. The van der Waals surface area contributed by atoms with E-state index in [9.17, 15) is 0 Å². The van der Waals surface area contributed by atoms with Crippen molar-refractivity contribution >= 4 is 10.9 Å². The Balaban J connectivity index is 2.12. The van der Waals surface area contributed by atoms with E-state index in [2.05, 4.69) is 28.4 Å². The van der Waals surface area contributed by atoms with Crippen LogP contribution in [0.4, 0.5) is 0 Å². The normalized spacial score (nSPS) is 10.7. The first kappa shape index (κ1) is 10.8. The fourth-order valence-electron chi connectivity index (χ4n) is 2.10. The minimum absolute atomic E-state index is 0.672. The molecule has 0 aliphatic rings. The number of fused-ring (bicyclic) bond motifs is 1. The molecule has 0 spiro atoms. The number of hydrogen-bond donors (Lipinski definition) is 1. The Labute approximate surface area is 105 Å². The van der Waals surface area contributed by atoms with Gasteiger partial charge in [-0.2, -0.15) is 5.10 Å². The number of aromatic amines is 1. The lowest BCUT2D eigenvalue weighted by Crippen LogP contribution is -1.93. The van der Waals surface area contributed by atoms with Crippen LogP contribution in [0.1, 0.15) is 6.92 Å². The smallest absolute Gasteiger partial charge is 0.127 e. The van der Waals surface area contributed by atoms with E-state index in [0.717, 1.165) is 27.8 Å². The van der Waals surface area contributed by atoms with E-state index in [0.29, 0.717) is 6.61 Å². The van der Waals surface area contributed by atoms with Crippen molar-refractivity contribution in [2.75, 3.05) is 6.61 Å². The van der Waals surface area contributed by atoms with E-state index in [1.54, 1.807) is 0 Å². The highest BCUT2D eigenvalue weighted by molar-refractivity contribution is 5.85. The lowest BCUT2D eigenvalue weighted by atomic mass is 10.0. The van der Waals surface area contributed by atoms with Gasteiger partial charge < -0.3 is 4.74 Å². The molecule has 0 bridgehead atoms. The van der Waals surface area contributed by atoms with Crippen LogP contribution in [0.3, 0.4) is 0 Å². The van der Waals surface area contributed by atoms with E-state index in [1.807, 2.05) is 37.4 Å².